The van der Waals surface area contributed by atoms with Crippen LogP contribution in [0.2, 0.25) is 0 Å². The Morgan fingerprint density at radius 3 is 2.11 bits per heavy atom. The number of fused-ring (bicyclic) bond motifs is 1. The highest BCUT2D eigenvalue weighted by molar-refractivity contribution is 5.40. The molecule has 0 fully saturated rings. The van der Waals surface area contributed by atoms with Crippen molar-refractivity contribution in [3.8, 4) is 5.75 Å². The van der Waals surface area contributed by atoms with Gasteiger partial charge in [-0.1, -0.05) is 45.4 Å². The van der Waals surface area contributed by atoms with Crippen molar-refractivity contribution >= 4 is 0 Å². The Balaban J connectivity index is 0. The first-order chi connectivity index (χ1) is 8.99. The molecule has 2 nitrogen and oxygen atoms in total. The van der Waals surface area contributed by atoms with Crippen LogP contribution in [0, 0.1) is 6.92 Å². The van der Waals surface area contributed by atoms with Crippen molar-refractivity contribution in [1.29, 1.82) is 0 Å². The van der Waals surface area contributed by atoms with Crippen LogP contribution in [-0.4, -0.2) is 17.3 Å². The molecule has 19 heavy (non-hydrogen) atoms. The van der Waals surface area contributed by atoms with E-state index < -0.39 is 0 Å². The lowest BCUT2D eigenvalue weighted by Gasteiger charge is -2.01. The quantitative estimate of drug-likeness (QED) is 0.735. The maximum atomic E-state index is 8.06. The molecule has 2 rings (SSSR count). The molecule has 0 saturated heterocycles. The smallest absolute Gasteiger partial charge is 0.123 e. The van der Waals surface area contributed by atoms with Crippen molar-refractivity contribution in [2.45, 2.75) is 74.0 Å². The Bertz CT molecular complexity index is 316. The predicted molar refractivity (Wildman–Crippen MR) is 85.0 cm³/mol. The van der Waals surface area contributed by atoms with Crippen LogP contribution in [0.5, 0.6) is 5.75 Å². The number of rotatable bonds is 0. The van der Waals surface area contributed by atoms with E-state index in [-0.39, 0.29) is 6.10 Å². The predicted octanol–water partition coefficient (Wildman–Crippen LogP) is 4.76. The summed E-state index contributed by atoms with van der Waals surface area (Å²) in [6.07, 6.45) is 1.27. The van der Waals surface area contributed by atoms with E-state index in [0.717, 1.165) is 12.2 Å². The summed E-state index contributed by atoms with van der Waals surface area (Å²) in [5.74, 6) is 1.07. The van der Waals surface area contributed by atoms with Crippen molar-refractivity contribution in [3.63, 3.8) is 0 Å². The van der Waals surface area contributed by atoms with Crippen molar-refractivity contribution in [3.05, 3.63) is 29.3 Å². The highest BCUT2D eigenvalue weighted by atomic mass is 16.5. The maximum Gasteiger partial charge on any atom is 0.123 e. The van der Waals surface area contributed by atoms with Crippen LogP contribution in [0.1, 0.15) is 59.6 Å². The summed E-state index contributed by atoms with van der Waals surface area (Å²) >= 11 is 0. The summed E-state index contributed by atoms with van der Waals surface area (Å²) in [6, 6.07) is 6.36. The number of benzene rings is 1. The fraction of sp³-hybridized carbons (Fsp3) is 0.647. The van der Waals surface area contributed by atoms with E-state index in [1.54, 1.807) is 13.8 Å². The molecule has 1 atom stereocenters. The van der Waals surface area contributed by atoms with Gasteiger partial charge in [0.1, 0.15) is 11.9 Å². The van der Waals surface area contributed by atoms with Crippen molar-refractivity contribution < 1.29 is 9.84 Å². The molecule has 1 aromatic rings. The van der Waals surface area contributed by atoms with Crippen LogP contribution in [0.15, 0.2) is 18.2 Å². The van der Waals surface area contributed by atoms with E-state index in [1.165, 1.54) is 11.1 Å². The Morgan fingerprint density at radius 1 is 1.16 bits per heavy atom. The largest absolute Gasteiger partial charge is 0.490 e. The van der Waals surface area contributed by atoms with Gasteiger partial charge in [-0.2, -0.15) is 0 Å². The van der Waals surface area contributed by atoms with Crippen molar-refractivity contribution in [2.75, 3.05) is 0 Å². The molecule has 0 aliphatic carbocycles. The minimum atomic E-state index is -0.167. The molecule has 0 saturated carbocycles. The standard InChI is InChI=1S/C10H12O.C3H8O.2C2H6/c1-7-3-4-10-9(5-7)6-8(2)11-10;1-3(2)4;2*1-2/h3-5,8H,6H2,1-2H3;3-4H,1-2H3;2*1-2H3. The highest BCUT2D eigenvalue weighted by Gasteiger charge is 2.17. The lowest BCUT2D eigenvalue weighted by Crippen LogP contribution is -2.05. The SMILES string of the molecule is CC.CC.CC(C)O.Cc1ccc2c(c1)CC(C)O2. The number of aliphatic hydroxyl groups is 1. The molecule has 0 spiro atoms. The van der Waals surface area contributed by atoms with Gasteiger partial charge in [-0.05, 0) is 39.3 Å². The molecule has 0 radical (unpaired) electrons. The van der Waals surface area contributed by atoms with Gasteiger partial charge in [0, 0.05) is 12.5 Å². The van der Waals surface area contributed by atoms with Gasteiger partial charge < -0.3 is 9.84 Å². The minimum absolute atomic E-state index is 0.167. The van der Waals surface area contributed by atoms with Gasteiger partial charge in [0.25, 0.3) is 0 Å². The van der Waals surface area contributed by atoms with Crippen LogP contribution in [0.25, 0.3) is 0 Å². The zero-order chi connectivity index (χ0) is 15.4. The number of ether oxygens (including phenoxy) is 1. The van der Waals surface area contributed by atoms with Gasteiger partial charge in [0.15, 0.2) is 0 Å². The molecule has 0 bridgehead atoms. The van der Waals surface area contributed by atoms with Crippen LogP contribution in [0.3, 0.4) is 0 Å². The summed E-state index contributed by atoms with van der Waals surface area (Å²) in [6.45, 7) is 15.7. The molecule has 1 N–H and O–H groups in total. The molecule has 1 aromatic carbocycles. The van der Waals surface area contributed by atoms with E-state index in [9.17, 15) is 0 Å². The number of aryl methyl sites for hydroxylation is 1. The maximum absolute atomic E-state index is 8.06. The van der Waals surface area contributed by atoms with E-state index in [0.29, 0.717) is 6.10 Å². The van der Waals surface area contributed by atoms with Crippen LogP contribution >= 0.6 is 0 Å². The second-order valence-electron chi connectivity index (χ2n) is 4.34. The lowest BCUT2D eigenvalue weighted by molar-refractivity contribution is 0.216. The number of aliphatic hydroxyl groups excluding tert-OH is 1. The molecule has 0 aromatic heterocycles. The van der Waals surface area contributed by atoms with Crippen molar-refractivity contribution in [1.82, 2.24) is 0 Å². The molecule has 1 aliphatic rings. The number of hydrogen-bond donors (Lipinski definition) is 1. The summed E-state index contributed by atoms with van der Waals surface area (Å²) < 4.78 is 5.56. The summed E-state index contributed by atoms with van der Waals surface area (Å²) in [5, 5.41) is 8.06. The van der Waals surface area contributed by atoms with Crippen LogP contribution in [-0.2, 0) is 6.42 Å². The third kappa shape index (κ3) is 9.54. The second-order valence-corrected chi connectivity index (χ2v) is 4.34. The third-order valence-electron chi connectivity index (χ3n) is 2.05. The van der Waals surface area contributed by atoms with Gasteiger partial charge in [-0.25, -0.2) is 0 Å². The average molecular weight is 268 g/mol. The highest BCUT2D eigenvalue weighted by Crippen LogP contribution is 2.28. The van der Waals surface area contributed by atoms with Crippen molar-refractivity contribution in [2.24, 2.45) is 0 Å². The second kappa shape index (κ2) is 12.0. The van der Waals surface area contributed by atoms with Gasteiger partial charge >= 0.3 is 0 Å². The summed E-state index contributed by atoms with van der Waals surface area (Å²) in [5.41, 5.74) is 2.68. The molecule has 2 heteroatoms. The van der Waals surface area contributed by atoms with E-state index in [2.05, 4.69) is 32.0 Å². The Labute approximate surface area is 119 Å². The average Bonchev–Trinajstić information content (AvgIpc) is 2.73. The zero-order valence-electron chi connectivity index (χ0n) is 13.9. The monoisotopic (exact) mass is 268 g/mol. The molecular weight excluding hydrogens is 236 g/mol. The molecular formula is C17H32O2. The Morgan fingerprint density at radius 2 is 1.63 bits per heavy atom. The zero-order valence-corrected chi connectivity index (χ0v) is 13.9. The first-order valence-corrected chi connectivity index (χ1v) is 7.43. The minimum Gasteiger partial charge on any atom is -0.490 e. The van der Waals surface area contributed by atoms with Gasteiger partial charge in [-0.3, -0.25) is 0 Å². The molecule has 1 heterocycles. The Hall–Kier alpha value is -1.02. The topological polar surface area (TPSA) is 29.5 Å². The lowest BCUT2D eigenvalue weighted by atomic mass is 10.1. The van der Waals surface area contributed by atoms with E-state index in [4.69, 9.17) is 9.84 Å². The van der Waals surface area contributed by atoms with E-state index in [1.807, 2.05) is 27.7 Å². The van der Waals surface area contributed by atoms with E-state index >= 15 is 0 Å². The fourth-order valence-electron chi connectivity index (χ4n) is 1.55. The molecule has 112 valence electrons. The van der Waals surface area contributed by atoms with Gasteiger partial charge in [-0.15, -0.1) is 0 Å². The summed E-state index contributed by atoms with van der Waals surface area (Å²) in [4.78, 5) is 0. The van der Waals surface area contributed by atoms with Crippen LogP contribution in [0.4, 0.5) is 0 Å². The van der Waals surface area contributed by atoms with Crippen LogP contribution < -0.4 is 4.74 Å². The first kappa shape index (κ1) is 20.3. The first-order valence-electron chi connectivity index (χ1n) is 7.43. The molecule has 1 unspecified atom stereocenters. The molecule has 1 aliphatic heterocycles. The van der Waals surface area contributed by atoms with Gasteiger partial charge in [0.05, 0.1) is 0 Å². The third-order valence-corrected chi connectivity index (χ3v) is 2.05. The normalized spacial score (nSPS) is 14.7. The van der Waals surface area contributed by atoms with Gasteiger partial charge in [0.2, 0.25) is 0 Å². The number of hydrogen-bond acceptors (Lipinski definition) is 2. The molecule has 0 amide bonds. The summed E-state index contributed by atoms with van der Waals surface area (Å²) in [7, 11) is 0. The fourth-order valence-corrected chi connectivity index (χ4v) is 1.55. The Kier molecular flexibility index (Phi) is 12.9.